The summed E-state index contributed by atoms with van der Waals surface area (Å²) in [5.41, 5.74) is 5.97. The lowest BCUT2D eigenvalue weighted by molar-refractivity contribution is -0.112. The summed E-state index contributed by atoms with van der Waals surface area (Å²) in [6.45, 7) is 5.82. The first kappa shape index (κ1) is 16.2. The van der Waals surface area contributed by atoms with Crippen molar-refractivity contribution in [3.8, 4) is 0 Å². The Balaban J connectivity index is 1.86. The van der Waals surface area contributed by atoms with Crippen LogP contribution in [0.5, 0.6) is 0 Å². The standard InChI is InChI=1S/C20H22ClNO/c1-3-14-5-7-16(8-6-14)11-22-12-17-9-15(4-2)10-18(21)20(17)19(22)13-23/h5-10,13,19H,3-4,11-12H2,1-2H3. The monoisotopic (exact) mass is 327 g/mol. The van der Waals surface area contributed by atoms with Crippen LogP contribution >= 0.6 is 11.6 Å². The van der Waals surface area contributed by atoms with E-state index in [2.05, 4.69) is 49.1 Å². The summed E-state index contributed by atoms with van der Waals surface area (Å²) in [5, 5.41) is 0.722. The van der Waals surface area contributed by atoms with Crippen LogP contribution in [0.4, 0.5) is 0 Å². The van der Waals surface area contributed by atoms with Crippen molar-refractivity contribution < 1.29 is 4.79 Å². The first-order chi connectivity index (χ1) is 11.2. The van der Waals surface area contributed by atoms with Gasteiger partial charge >= 0.3 is 0 Å². The van der Waals surface area contributed by atoms with E-state index in [1.165, 1.54) is 22.3 Å². The predicted molar refractivity (Wildman–Crippen MR) is 94.7 cm³/mol. The molecule has 1 heterocycles. The average Bonchev–Trinajstić information content (AvgIpc) is 2.93. The van der Waals surface area contributed by atoms with Gasteiger partial charge in [-0.15, -0.1) is 0 Å². The second-order valence-electron chi connectivity index (χ2n) is 6.16. The third-order valence-corrected chi connectivity index (χ3v) is 5.00. The molecular weight excluding hydrogens is 306 g/mol. The van der Waals surface area contributed by atoms with Gasteiger partial charge in [0.25, 0.3) is 0 Å². The van der Waals surface area contributed by atoms with Crippen LogP contribution < -0.4 is 0 Å². The number of hydrogen-bond acceptors (Lipinski definition) is 2. The maximum Gasteiger partial charge on any atom is 0.141 e. The zero-order valence-electron chi connectivity index (χ0n) is 13.7. The Morgan fingerprint density at radius 3 is 2.35 bits per heavy atom. The number of benzene rings is 2. The molecule has 2 nitrogen and oxygen atoms in total. The third-order valence-electron chi connectivity index (χ3n) is 4.69. The summed E-state index contributed by atoms with van der Waals surface area (Å²) >= 11 is 6.45. The molecule has 0 amide bonds. The van der Waals surface area contributed by atoms with Crippen molar-refractivity contribution >= 4 is 17.9 Å². The molecule has 1 aliphatic heterocycles. The summed E-state index contributed by atoms with van der Waals surface area (Å²) in [4.78, 5) is 13.9. The fourth-order valence-corrected chi connectivity index (χ4v) is 3.70. The number of carbonyl (C=O) groups excluding carboxylic acids is 1. The van der Waals surface area contributed by atoms with Gasteiger partial charge in [0.05, 0.1) is 6.04 Å². The lowest BCUT2D eigenvalue weighted by Gasteiger charge is -2.21. The van der Waals surface area contributed by atoms with Gasteiger partial charge in [0.2, 0.25) is 0 Å². The summed E-state index contributed by atoms with van der Waals surface area (Å²) in [5.74, 6) is 0. The highest BCUT2D eigenvalue weighted by molar-refractivity contribution is 6.31. The van der Waals surface area contributed by atoms with Gasteiger partial charge in [-0.25, -0.2) is 0 Å². The third kappa shape index (κ3) is 3.19. The minimum atomic E-state index is -0.241. The Hall–Kier alpha value is -1.64. The second kappa shape index (κ2) is 6.86. The summed E-state index contributed by atoms with van der Waals surface area (Å²) in [6, 6.07) is 12.6. The molecule has 1 aliphatic rings. The van der Waals surface area contributed by atoms with E-state index in [1.54, 1.807) is 0 Å². The number of rotatable bonds is 5. The first-order valence-corrected chi connectivity index (χ1v) is 8.62. The first-order valence-electron chi connectivity index (χ1n) is 8.24. The van der Waals surface area contributed by atoms with Gasteiger partial charge in [0.1, 0.15) is 6.29 Å². The highest BCUT2D eigenvalue weighted by atomic mass is 35.5. The van der Waals surface area contributed by atoms with Crippen LogP contribution in [0.1, 0.15) is 47.7 Å². The molecule has 2 aromatic carbocycles. The molecule has 3 heteroatoms. The fourth-order valence-electron chi connectivity index (χ4n) is 3.33. The molecule has 0 saturated heterocycles. The number of hydrogen-bond donors (Lipinski definition) is 0. The van der Waals surface area contributed by atoms with Crippen molar-refractivity contribution in [3.05, 3.63) is 69.2 Å². The van der Waals surface area contributed by atoms with Crippen molar-refractivity contribution in [2.75, 3.05) is 0 Å². The van der Waals surface area contributed by atoms with Gasteiger partial charge in [0, 0.05) is 18.1 Å². The van der Waals surface area contributed by atoms with Gasteiger partial charge in [-0.3, -0.25) is 4.90 Å². The molecular formula is C20H22ClNO. The Morgan fingerprint density at radius 1 is 1.09 bits per heavy atom. The minimum absolute atomic E-state index is 0.241. The minimum Gasteiger partial charge on any atom is -0.301 e. The number of carbonyl (C=O) groups is 1. The molecule has 1 atom stereocenters. The van der Waals surface area contributed by atoms with Crippen LogP contribution in [-0.4, -0.2) is 11.2 Å². The molecule has 0 saturated carbocycles. The van der Waals surface area contributed by atoms with Gasteiger partial charge < -0.3 is 4.79 Å². The molecule has 0 N–H and O–H groups in total. The number of aldehydes is 1. The Kier molecular flexibility index (Phi) is 4.84. The average molecular weight is 328 g/mol. The molecule has 0 aromatic heterocycles. The van der Waals surface area contributed by atoms with E-state index >= 15 is 0 Å². The van der Waals surface area contributed by atoms with Crippen LogP contribution in [0.2, 0.25) is 5.02 Å². The van der Waals surface area contributed by atoms with E-state index in [0.29, 0.717) is 0 Å². The van der Waals surface area contributed by atoms with Gasteiger partial charge in [-0.2, -0.15) is 0 Å². The number of fused-ring (bicyclic) bond motifs is 1. The van der Waals surface area contributed by atoms with E-state index in [9.17, 15) is 4.79 Å². The number of nitrogens with zero attached hydrogens (tertiary/aromatic N) is 1. The molecule has 2 aromatic rings. The normalized spacial score (nSPS) is 17.3. The molecule has 0 bridgehead atoms. The number of aryl methyl sites for hydroxylation is 2. The summed E-state index contributed by atoms with van der Waals surface area (Å²) in [7, 11) is 0. The van der Waals surface area contributed by atoms with E-state index in [4.69, 9.17) is 11.6 Å². The van der Waals surface area contributed by atoms with E-state index < -0.39 is 0 Å². The quantitative estimate of drug-likeness (QED) is 0.740. The van der Waals surface area contributed by atoms with Crippen molar-refractivity contribution in [2.45, 2.75) is 45.8 Å². The number of halogens is 1. The SMILES string of the molecule is CCc1ccc(CN2Cc3cc(CC)cc(Cl)c3C2C=O)cc1. The van der Waals surface area contributed by atoms with Crippen molar-refractivity contribution in [3.63, 3.8) is 0 Å². The predicted octanol–water partition coefficient (Wildman–Crippen LogP) is 4.72. The van der Waals surface area contributed by atoms with Crippen LogP contribution in [0, 0.1) is 0 Å². The summed E-state index contributed by atoms with van der Waals surface area (Å²) in [6.07, 6.45) is 3.02. The van der Waals surface area contributed by atoms with Crippen molar-refractivity contribution in [1.29, 1.82) is 0 Å². The van der Waals surface area contributed by atoms with Gasteiger partial charge in [-0.1, -0.05) is 55.8 Å². The molecule has 23 heavy (non-hydrogen) atoms. The van der Waals surface area contributed by atoms with Gasteiger partial charge in [0.15, 0.2) is 0 Å². The highest BCUT2D eigenvalue weighted by Gasteiger charge is 2.32. The summed E-state index contributed by atoms with van der Waals surface area (Å²) < 4.78 is 0. The largest absolute Gasteiger partial charge is 0.301 e. The topological polar surface area (TPSA) is 20.3 Å². The molecule has 3 rings (SSSR count). The molecule has 0 fully saturated rings. The maximum atomic E-state index is 11.7. The Labute approximate surface area is 143 Å². The Morgan fingerprint density at radius 2 is 1.74 bits per heavy atom. The van der Waals surface area contributed by atoms with Crippen molar-refractivity contribution in [2.24, 2.45) is 0 Å². The van der Waals surface area contributed by atoms with E-state index in [-0.39, 0.29) is 6.04 Å². The van der Waals surface area contributed by atoms with Crippen LogP contribution in [0.25, 0.3) is 0 Å². The fraction of sp³-hybridized carbons (Fsp3) is 0.350. The van der Waals surface area contributed by atoms with Crippen LogP contribution in [0.15, 0.2) is 36.4 Å². The van der Waals surface area contributed by atoms with Crippen molar-refractivity contribution in [1.82, 2.24) is 4.90 Å². The lowest BCUT2D eigenvalue weighted by atomic mass is 10.0. The zero-order chi connectivity index (χ0) is 16.4. The molecule has 120 valence electrons. The molecule has 1 unspecified atom stereocenters. The second-order valence-corrected chi connectivity index (χ2v) is 6.57. The Bertz CT molecular complexity index is 708. The van der Waals surface area contributed by atoms with Crippen LogP contribution in [0.3, 0.4) is 0 Å². The van der Waals surface area contributed by atoms with Gasteiger partial charge in [-0.05, 0) is 46.7 Å². The van der Waals surface area contributed by atoms with E-state index in [0.717, 1.165) is 42.8 Å². The maximum absolute atomic E-state index is 11.7. The smallest absolute Gasteiger partial charge is 0.141 e. The zero-order valence-corrected chi connectivity index (χ0v) is 14.4. The van der Waals surface area contributed by atoms with E-state index in [1.807, 2.05) is 6.07 Å². The highest BCUT2D eigenvalue weighted by Crippen LogP contribution is 2.39. The molecule has 0 radical (unpaired) electrons. The molecule has 0 spiro atoms. The molecule has 0 aliphatic carbocycles. The van der Waals surface area contributed by atoms with Crippen LogP contribution in [-0.2, 0) is 30.7 Å². The lowest BCUT2D eigenvalue weighted by Crippen LogP contribution is -2.22.